The van der Waals surface area contributed by atoms with E-state index in [1.54, 1.807) is 0 Å². The molecule has 3 aliphatic rings. The van der Waals surface area contributed by atoms with Gasteiger partial charge in [0.15, 0.2) is 0 Å². The normalized spacial score (nSPS) is 34.4. The number of aliphatic carboxylic acids is 1. The van der Waals surface area contributed by atoms with Crippen molar-refractivity contribution in [3.8, 4) is 0 Å². The Labute approximate surface area is 107 Å². The molecule has 1 amide bonds. The van der Waals surface area contributed by atoms with Crippen molar-refractivity contribution in [1.29, 1.82) is 0 Å². The Morgan fingerprint density at radius 3 is 2.17 bits per heavy atom. The van der Waals surface area contributed by atoms with Gasteiger partial charge in [-0.1, -0.05) is 0 Å². The van der Waals surface area contributed by atoms with Crippen LogP contribution in [0.25, 0.3) is 0 Å². The van der Waals surface area contributed by atoms with Crippen LogP contribution < -0.4 is 5.32 Å². The van der Waals surface area contributed by atoms with Crippen LogP contribution in [0.5, 0.6) is 0 Å². The van der Waals surface area contributed by atoms with Gasteiger partial charge in [-0.2, -0.15) is 0 Å². The molecule has 2 N–H and O–H groups in total. The zero-order valence-corrected chi connectivity index (χ0v) is 11.1. The van der Waals surface area contributed by atoms with E-state index >= 15 is 0 Å². The van der Waals surface area contributed by atoms with Crippen molar-refractivity contribution in [2.75, 3.05) is 0 Å². The molecule has 18 heavy (non-hydrogen) atoms. The van der Waals surface area contributed by atoms with Gasteiger partial charge >= 0.3 is 12.1 Å². The molecular formula is C13H21NO4. The van der Waals surface area contributed by atoms with Crippen molar-refractivity contribution in [2.24, 2.45) is 17.8 Å². The lowest BCUT2D eigenvalue weighted by atomic mass is 9.58. The highest BCUT2D eigenvalue weighted by Crippen LogP contribution is 2.48. The van der Waals surface area contributed by atoms with Gasteiger partial charge in [-0.25, -0.2) is 4.79 Å². The van der Waals surface area contributed by atoms with Crippen molar-refractivity contribution < 1.29 is 19.4 Å². The Morgan fingerprint density at radius 1 is 1.17 bits per heavy atom. The van der Waals surface area contributed by atoms with Crippen molar-refractivity contribution in [2.45, 2.75) is 51.7 Å². The van der Waals surface area contributed by atoms with E-state index in [9.17, 15) is 9.59 Å². The first-order valence-electron chi connectivity index (χ1n) is 6.48. The maximum atomic E-state index is 11.7. The van der Waals surface area contributed by atoms with Crippen LogP contribution in [0.2, 0.25) is 0 Å². The highest BCUT2D eigenvalue weighted by atomic mass is 16.6. The lowest BCUT2D eigenvalue weighted by molar-refractivity contribution is -0.147. The van der Waals surface area contributed by atoms with Gasteiger partial charge in [0.2, 0.25) is 0 Å². The molecule has 3 fully saturated rings. The first kappa shape index (κ1) is 13.2. The first-order valence-corrected chi connectivity index (χ1v) is 6.48. The molecule has 3 aliphatic carbocycles. The number of nitrogens with one attached hydrogen (secondary N) is 1. The number of hydrogen-bond acceptors (Lipinski definition) is 3. The first-order chi connectivity index (χ1) is 8.26. The molecule has 0 radical (unpaired) electrons. The SMILES string of the molecule is CC(C)(C)OC(=O)NC1[C@@H]2CC(C(=O)O)C[C@@H]1C2. The van der Waals surface area contributed by atoms with E-state index in [-0.39, 0.29) is 12.0 Å². The molecule has 0 aliphatic heterocycles. The van der Waals surface area contributed by atoms with Crippen LogP contribution in [-0.2, 0) is 9.53 Å². The van der Waals surface area contributed by atoms with Crippen LogP contribution in [0.3, 0.4) is 0 Å². The van der Waals surface area contributed by atoms with Crippen LogP contribution in [0, 0.1) is 17.8 Å². The van der Waals surface area contributed by atoms with Crippen molar-refractivity contribution in [3.05, 3.63) is 0 Å². The molecule has 0 aromatic carbocycles. The molecule has 0 aromatic rings. The van der Waals surface area contributed by atoms with E-state index in [2.05, 4.69) is 5.32 Å². The summed E-state index contributed by atoms with van der Waals surface area (Å²) in [4.78, 5) is 22.6. The maximum Gasteiger partial charge on any atom is 0.407 e. The Kier molecular flexibility index (Phi) is 3.25. The number of carboxylic acids is 1. The monoisotopic (exact) mass is 255 g/mol. The number of rotatable bonds is 2. The van der Waals surface area contributed by atoms with E-state index in [0.29, 0.717) is 24.7 Å². The van der Waals surface area contributed by atoms with Crippen LogP contribution in [0.15, 0.2) is 0 Å². The number of hydrogen-bond donors (Lipinski definition) is 2. The maximum absolute atomic E-state index is 11.7. The second kappa shape index (κ2) is 4.44. The smallest absolute Gasteiger partial charge is 0.407 e. The lowest BCUT2D eigenvalue weighted by Gasteiger charge is -2.51. The molecule has 3 rings (SSSR count). The summed E-state index contributed by atoms with van der Waals surface area (Å²) >= 11 is 0. The predicted molar refractivity (Wildman–Crippen MR) is 65.1 cm³/mol. The standard InChI is InChI=1S/C13H21NO4/c1-13(2,3)18-12(17)14-10-7-4-8(10)6-9(5-7)11(15)16/h7-10H,4-6H2,1-3H3,(H,14,17)(H,15,16)/t7-,8-,9?,10?/m0/s1. The Balaban J connectivity index is 1.84. The van der Waals surface area contributed by atoms with Gasteiger partial charge in [-0.3, -0.25) is 4.79 Å². The number of alkyl carbamates (subject to hydrolysis) is 1. The van der Waals surface area contributed by atoms with Crippen molar-refractivity contribution >= 4 is 12.1 Å². The molecule has 5 nitrogen and oxygen atoms in total. The fraction of sp³-hybridized carbons (Fsp3) is 0.846. The number of carbonyl (C=O) groups excluding carboxylic acids is 1. The van der Waals surface area contributed by atoms with Crippen LogP contribution in [0.4, 0.5) is 4.79 Å². The minimum absolute atomic E-state index is 0.107. The van der Waals surface area contributed by atoms with E-state index in [1.807, 2.05) is 20.8 Å². The van der Waals surface area contributed by atoms with Gasteiger partial charge in [-0.15, -0.1) is 0 Å². The molecule has 102 valence electrons. The highest BCUT2D eigenvalue weighted by Gasteiger charge is 2.49. The molecule has 0 saturated heterocycles. The summed E-state index contributed by atoms with van der Waals surface area (Å²) in [6.07, 6.45) is 1.99. The quantitative estimate of drug-likeness (QED) is 0.791. The number of carbonyl (C=O) groups is 2. The van der Waals surface area contributed by atoms with Gasteiger partial charge in [0.05, 0.1) is 5.92 Å². The van der Waals surface area contributed by atoms with Gasteiger partial charge in [0, 0.05) is 6.04 Å². The van der Waals surface area contributed by atoms with E-state index in [4.69, 9.17) is 9.84 Å². The van der Waals surface area contributed by atoms with Crippen molar-refractivity contribution in [1.82, 2.24) is 5.32 Å². The summed E-state index contributed by atoms with van der Waals surface area (Å²) < 4.78 is 5.22. The Hall–Kier alpha value is -1.26. The minimum Gasteiger partial charge on any atom is -0.481 e. The average molecular weight is 255 g/mol. The van der Waals surface area contributed by atoms with E-state index < -0.39 is 17.7 Å². The lowest BCUT2D eigenvalue weighted by Crippen LogP contribution is -2.58. The number of ether oxygens (including phenoxy) is 1. The van der Waals surface area contributed by atoms with Gasteiger partial charge in [0.25, 0.3) is 0 Å². The van der Waals surface area contributed by atoms with Gasteiger partial charge in [-0.05, 0) is 51.9 Å². The zero-order valence-electron chi connectivity index (χ0n) is 11.1. The topological polar surface area (TPSA) is 75.6 Å². The largest absolute Gasteiger partial charge is 0.481 e. The third kappa shape index (κ3) is 2.76. The highest BCUT2D eigenvalue weighted by molar-refractivity contribution is 5.71. The predicted octanol–water partition coefficient (Wildman–Crippen LogP) is 2.01. The summed E-state index contributed by atoms with van der Waals surface area (Å²) in [5.41, 5.74) is -0.494. The van der Waals surface area contributed by atoms with Gasteiger partial charge < -0.3 is 15.2 Å². The molecule has 2 atom stereocenters. The molecular weight excluding hydrogens is 234 g/mol. The van der Waals surface area contributed by atoms with Crippen LogP contribution in [0.1, 0.15) is 40.0 Å². The molecule has 2 bridgehead atoms. The number of fused-ring (bicyclic) bond motifs is 2. The van der Waals surface area contributed by atoms with E-state index in [0.717, 1.165) is 6.42 Å². The number of carboxylic acid groups (broad SMARTS) is 1. The van der Waals surface area contributed by atoms with Crippen molar-refractivity contribution in [3.63, 3.8) is 0 Å². The molecule has 0 spiro atoms. The molecule has 0 heterocycles. The van der Waals surface area contributed by atoms with Gasteiger partial charge in [0.1, 0.15) is 5.60 Å². The minimum atomic E-state index is -0.708. The Morgan fingerprint density at radius 2 is 1.72 bits per heavy atom. The average Bonchev–Trinajstić information content (AvgIpc) is 2.23. The summed E-state index contributed by atoms with van der Waals surface area (Å²) in [6, 6.07) is 0.107. The third-order valence-electron chi connectivity index (χ3n) is 3.83. The fourth-order valence-electron chi connectivity index (χ4n) is 3.06. The molecule has 0 aromatic heterocycles. The van der Waals surface area contributed by atoms with Crippen LogP contribution in [-0.4, -0.2) is 28.8 Å². The van der Waals surface area contributed by atoms with Crippen LogP contribution >= 0.6 is 0 Å². The fourth-order valence-corrected chi connectivity index (χ4v) is 3.06. The molecule has 5 heteroatoms. The summed E-state index contributed by atoms with van der Waals surface area (Å²) in [5.74, 6) is -0.333. The summed E-state index contributed by atoms with van der Waals surface area (Å²) in [7, 11) is 0. The molecule has 0 unspecified atom stereocenters. The third-order valence-corrected chi connectivity index (χ3v) is 3.83. The number of amides is 1. The summed E-state index contributed by atoms with van der Waals surface area (Å²) in [5, 5.41) is 11.9. The Bertz CT molecular complexity index is 348. The zero-order chi connectivity index (χ0) is 13.5. The second-order valence-corrected chi connectivity index (χ2v) is 6.43. The van der Waals surface area contributed by atoms with E-state index in [1.165, 1.54) is 0 Å². The molecule has 3 saturated carbocycles. The summed E-state index contributed by atoms with van der Waals surface area (Å²) in [6.45, 7) is 5.48. The second-order valence-electron chi connectivity index (χ2n) is 6.43.